The second-order valence-corrected chi connectivity index (χ2v) is 4.22. The van der Waals surface area contributed by atoms with Gasteiger partial charge in [-0.1, -0.05) is 30.3 Å². The van der Waals surface area contributed by atoms with Crippen LogP contribution in [0.3, 0.4) is 0 Å². The van der Waals surface area contributed by atoms with Crippen molar-refractivity contribution in [3.63, 3.8) is 0 Å². The lowest BCUT2D eigenvalue weighted by Gasteiger charge is -2.00. The van der Waals surface area contributed by atoms with Crippen LogP contribution < -0.4 is 0 Å². The minimum absolute atomic E-state index is 0.278. The molecule has 3 heteroatoms. The quantitative estimate of drug-likeness (QED) is 0.786. The fourth-order valence-corrected chi connectivity index (χ4v) is 1.80. The van der Waals surface area contributed by atoms with E-state index in [1.54, 1.807) is 4.68 Å². The van der Waals surface area contributed by atoms with Crippen molar-refractivity contribution in [2.24, 2.45) is 7.05 Å². The van der Waals surface area contributed by atoms with Gasteiger partial charge in [0.1, 0.15) is 5.78 Å². The smallest absolute Gasteiger partial charge is 0.137 e. The van der Waals surface area contributed by atoms with E-state index in [4.69, 9.17) is 0 Å². The van der Waals surface area contributed by atoms with Crippen molar-refractivity contribution in [1.82, 2.24) is 9.78 Å². The Bertz CT molecular complexity index is 488. The average molecular weight is 228 g/mol. The SMILES string of the molecule is Cn1cc(CCC(=O)Cc2ccccc2)cn1. The van der Waals surface area contributed by atoms with Gasteiger partial charge in [-0.25, -0.2) is 0 Å². The van der Waals surface area contributed by atoms with E-state index in [1.807, 2.05) is 49.8 Å². The van der Waals surface area contributed by atoms with Crippen molar-refractivity contribution in [1.29, 1.82) is 0 Å². The van der Waals surface area contributed by atoms with Crippen molar-refractivity contribution in [3.8, 4) is 0 Å². The highest BCUT2D eigenvalue weighted by molar-refractivity contribution is 5.81. The summed E-state index contributed by atoms with van der Waals surface area (Å²) in [6, 6.07) is 9.86. The molecule has 2 aromatic rings. The van der Waals surface area contributed by atoms with Gasteiger partial charge in [-0.2, -0.15) is 5.10 Å². The molecule has 0 unspecified atom stereocenters. The Hall–Kier alpha value is -1.90. The fourth-order valence-electron chi connectivity index (χ4n) is 1.80. The molecule has 88 valence electrons. The number of nitrogens with zero attached hydrogens (tertiary/aromatic N) is 2. The zero-order valence-corrected chi connectivity index (χ0v) is 9.97. The Morgan fingerprint density at radius 1 is 1.24 bits per heavy atom. The highest BCUT2D eigenvalue weighted by Crippen LogP contribution is 2.06. The van der Waals surface area contributed by atoms with Crippen LogP contribution >= 0.6 is 0 Å². The standard InChI is InChI=1S/C14H16N2O/c1-16-11-13(10-15-16)7-8-14(17)9-12-5-3-2-4-6-12/h2-6,10-11H,7-9H2,1H3. The molecule has 17 heavy (non-hydrogen) atoms. The number of benzene rings is 1. The predicted octanol–water partition coefficient (Wildman–Crippen LogP) is 2.16. The third kappa shape index (κ3) is 3.55. The molecular formula is C14H16N2O. The van der Waals surface area contributed by atoms with Crippen LogP contribution in [-0.4, -0.2) is 15.6 Å². The lowest BCUT2D eigenvalue weighted by Crippen LogP contribution is -2.03. The highest BCUT2D eigenvalue weighted by Gasteiger charge is 2.05. The first kappa shape index (κ1) is 11.6. The lowest BCUT2D eigenvalue weighted by atomic mass is 10.0. The van der Waals surface area contributed by atoms with Gasteiger partial charge in [-0.05, 0) is 17.5 Å². The molecule has 0 radical (unpaired) electrons. The maximum Gasteiger partial charge on any atom is 0.137 e. The van der Waals surface area contributed by atoms with Crippen LogP contribution in [0.25, 0.3) is 0 Å². The Morgan fingerprint density at radius 2 is 2.00 bits per heavy atom. The number of hydrogen-bond acceptors (Lipinski definition) is 2. The molecule has 0 saturated heterocycles. The number of carbonyl (C=O) groups excluding carboxylic acids is 1. The number of Topliss-reactive ketones (excluding diaryl/α,β-unsaturated/α-hetero) is 1. The summed E-state index contributed by atoms with van der Waals surface area (Å²) in [5.74, 6) is 0.278. The Morgan fingerprint density at radius 3 is 2.65 bits per heavy atom. The first-order valence-corrected chi connectivity index (χ1v) is 5.77. The van der Waals surface area contributed by atoms with Crippen molar-refractivity contribution >= 4 is 5.78 Å². The van der Waals surface area contributed by atoms with Crippen molar-refractivity contribution in [2.75, 3.05) is 0 Å². The minimum atomic E-state index is 0.278. The molecule has 0 atom stereocenters. The molecule has 0 aliphatic carbocycles. The molecule has 0 fully saturated rings. The van der Waals surface area contributed by atoms with Gasteiger partial charge in [0.2, 0.25) is 0 Å². The van der Waals surface area contributed by atoms with Crippen molar-refractivity contribution in [2.45, 2.75) is 19.3 Å². The molecule has 0 saturated carbocycles. The number of aryl methyl sites for hydroxylation is 2. The maximum atomic E-state index is 11.8. The lowest BCUT2D eigenvalue weighted by molar-refractivity contribution is -0.118. The van der Waals surface area contributed by atoms with Crippen LogP contribution in [0.15, 0.2) is 42.7 Å². The third-order valence-electron chi connectivity index (χ3n) is 2.69. The summed E-state index contributed by atoms with van der Waals surface area (Å²) in [6.45, 7) is 0. The number of hydrogen-bond donors (Lipinski definition) is 0. The summed E-state index contributed by atoms with van der Waals surface area (Å²) < 4.78 is 1.76. The monoisotopic (exact) mass is 228 g/mol. The largest absolute Gasteiger partial charge is 0.299 e. The van der Waals surface area contributed by atoms with Crippen LogP contribution in [0.1, 0.15) is 17.5 Å². The number of rotatable bonds is 5. The number of aromatic nitrogens is 2. The summed E-state index contributed by atoms with van der Waals surface area (Å²) in [7, 11) is 1.88. The molecule has 1 aromatic heterocycles. The van der Waals surface area contributed by atoms with E-state index in [1.165, 1.54) is 0 Å². The Labute approximate surface area is 101 Å². The van der Waals surface area contributed by atoms with E-state index in [0.29, 0.717) is 12.8 Å². The van der Waals surface area contributed by atoms with E-state index in [0.717, 1.165) is 17.5 Å². The second-order valence-electron chi connectivity index (χ2n) is 4.22. The van der Waals surface area contributed by atoms with Gasteiger partial charge < -0.3 is 0 Å². The molecular weight excluding hydrogens is 212 g/mol. The van der Waals surface area contributed by atoms with E-state index in [-0.39, 0.29) is 5.78 Å². The summed E-state index contributed by atoms with van der Waals surface area (Å²) in [6.07, 6.45) is 5.66. The zero-order valence-electron chi connectivity index (χ0n) is 9.97. The third-order valence-corrected chi connectivity index (χ3v) is 2.69. The van der Waals surface area contributed by atoms with Crippen LogP contribution in [0.4, 0.5) is 0 Å². The van der Waals surface area contributed by atoms with Crippen LogP contribution in [0.5, 0.6) is 0 Å². The molecule has 0 aliphatic heterocycles. The second kappa shape index (κ2) is 5.43. The van der Waals surface area contributed by atoms with Crippen LogP contribution in [-0.2, 0) is 24.7 Å². The molecule has 2 rings (SSSR count). The summed E-state index contributed by atoms with van der Waals surface area (Å²) in [4.78, 5) is 11.8. The number of ketones is 1. The molecule has 0 aliphatic rings. The molecule has 0 bridgehead atoms. The topological polar surface area (TPSA) is 34.9 Å². The van der Waals surface area contributed by atoms with Gasteiger partial charge in [-0.3, -0.25) is 9.48 Å². The molecule has 1 aromatic carbocycles. The minimum Gasteiger partial charge on any atom is -0.299 e. The first-order chi connectivity index (χ1) is 8.24. The summed E-state index contributed by atoms with van der Waals surface area (Å²) in [5, 5.41) is 4.08. The van der Waals surface area contributed by atoms with Gasteiger partial charge in [0.25, 0.3) is 0 Å². The van der Waals surface area contributed by atoms with Gasteiger partial charge in [-0.15, -0.1) is 0 Å². The van der Waals surface area contributed by atoms with Crippen LogP contribution in [0, 0.1) is 0 Å². The molecule has 1 heterocycles. The number of carbonyl (C=O) groups is 1. The summed E-state index contributed by atoms with van der Waals surface area (Å²) >= 11 is 0. The maximum absolute atomic E-state index is 11.8. The van der Waals surface area contributed by atoms with E-state index in [2.05, 4.69) is 5.10 Å². The predicted molar refractivity (Wildman–Crippen MR) is 66.7 cm³/mol. The summed E-state index contributed by atoms with van der Waals surface area (Å²) in [5.41, 5.74) is 2.21. The molecule has 0 spiro atoms. The van der Waals surface area contributed by atoms with Crippen molar-refractivity contribution in [3.05, 3.63) is 53.9 Å². The molecule has 0 amide bonds. The van der Waals surface area contributed by atoms with E-state index >= 15 is 0 Å². The molecule has 0 N–H and O–H groups in total. The average Bonchev–Trinajstić information content (AvgIpc) is 2.74. The zero-order chi connectivity index (χ0) is 12.1. The highest BCUT2D eigenvalue weighted by atomic mass is 16.1. The fraction of sp³-hybridized carbons (Fsp3) is 0.286. The van der Waals surface area contributed by atoms with E-state index in [9.17, 15) is 4.79 Å². The normalized spacial score (nSPS) is 10.4. The van der Waals surface area contributed by atoms with Crippen LogP contribution in [0.2, 0.25) is 0 Å². The molecule has 3 nitrogen and oxygen atoms in total. The van der Waals surface area contributed by atoms with E-state index < -0.39 is 0 Å². The van der Waals surface area contributed by atoms with Gasteiger partial charge in [0.15, 0.2) is 0 Å². The van der Waals surface area contributed by atoms with Gasteiger partial charge in [0, 0.05) is 26.1 Å². The van der Waals surface area contributed by atoms with Gasteiger partial charge in [0.05, 0.1) is 6.20 Å². The first-order valence-electron chi connectivity index (χ1n) is 5.77. The Kier molecular flexibility index (Phi) is 3.70. The Balaban J connectivity index is 1.82. The van der Waals surface area contributed by atoms with Gasteiger partial charge >= 0.3 is 0 Å². The van der Waals surface area contributed by atoms with Crippen molar-refractivity contribution < 1.29 is 4.79 Å².